The number of carboxylic acid groups (broad SMARTS) is 1. The number of benzene rings is 1. The van der Waals surface area contributed by atoms with Gasteiger partial charge >= 0.3 is 5.97 Å². The van der Waals surface area contributed by atoms with E-state index in [1.54, 1.807) is 30.3 Å². The van der Waals surface area contributed by atoms with Crippen molar-refractivity contribution >= 4 is 5.97 Å². The maximum absolute atomic E-state index is 10.2. The Labute approximate surface area is 92.2 Å². The molecule has 0 fully saturated rings. The van der Waals surface area contributed by atoms with Crippen LogP contribution in [0.25, 0.3) is 0 Å². The molecule has 1 aromatic carbocycles. The van der Waals surface area contributed by atoms with E-state index in [0.717, 1.165) is 0 Å². The van der Waals surface area contributed by atoms with E-state index in [1.165, 1.54) is 0 Å². The molecule has 0 aromatic heterocycles. The molecule has 1 radical (unpaired) electrons. The summed E-state index contributed by atoms with van der Waals surface area (Å²) in [7, 11) is 0. The van der Waals surface area contributed by atoms with Crippen molar-refractivity contribution in [3.05, 3.63) is 35.9 Å². The predicted molar refractivity (Wildman–Crippen MR) is 33.4 cm³/mol. The van der Waals surface area contributed by atoms with Crippen LogP contribution in [0.3, 0.4) is 0 Å². The molecule has 10 heavy (non-hydrogen) atoms. The number of carbonyl (C=O) groups is 1. The van der Waals surface area contributed by atoms with Crippen LogP contribution in [0.15, 0.2) is 30.3 Å². The minimum Gasteiger partial charge on any atom is -0.478 e. The standard InChI is InChI=1S/C7H6O2.Pr/c8-7(9)6-4-2-1-3-5-6;/h1-5H,(H,8,9);. The first kappa shape index (κ1) is 10.1. The van der Waals surface area contributed by atoms with Crippen LogP contribution in [-0.4, -0.2) is 11.1 Å². The Hall–Kier alpha value is 0.0536. The molecule has 1 rings (SSSR count). The van der Waals surface area contributed by atoms with Gasteiger partial charge in [-0.25, -0.2) is 4.79 Å². The molecule has 1 N–H and O–H groups in total. The molecular formula is C7H6O2Pr. The monoisotopic (exact) mass is 263 g/mol. The molecule has 0 spiro atoms. The normalized spacial score (nSPS) is 8.00. The van der Waals surface area contributed by atoms with Crippen molar-refractivity contribution < 1.29 is 51.2 Å². The smallest absolute Gasteiger partial charge is 0.335 e. The Balaban J connectivity index is 0.000000810. The first-order valence-corrected chi connectivity index (χ1v) is 2.59. The molecule has 0 saturated heterocycles. The van der Waals surface area contributed by atoms with Gasteiger partial charge in [-0.2, -0.15) is 0 Å². The van der Waals surface area contributed by atoms with Gasteiger partial charge in [-0.15, -0.1) is 0 Å². The number of aromatic carboxylic acids is 1. The third-order valence-corrected chi connectivity index (χ3v) is 1.02. The largest absolute Gasteiger partial charge is 0.478 e. The van der Waals surface area contributed by atoms with E-state index in [0.29, 0.717) is 5.56 Å². The molecule has 0 bridgehead atoms. The quantitative estimate of drug-likeness (QED) is 0.831. The van der Waals surface area contributed by atoms with Gasteiger partial charge in [0.25, 0.3) is 0 Å². The van der Waals surface area contributed by atoms with Crippen LogP contribution in [0.5, 0.6) is 0 Å². The second-order valence-corrected chi connectivity index (χ2v) is 1.67. The number of hydrogen-bond acceptors (Lipinski definition) is 1. The molecule has 2 nitrogen and oxygen atoms in total. The van der Waals surface area contributed by atoms with Crippen molar-refractivity contribution in [3.8, 4) is 0 Å². The fourth-order valence-corrected chi connectivity index (χ4v) is 0.581. The third kappa shape index (κ3) is 2.76. The van der Waals surface area contributed by atoms with Gasteiger partial charge in [-0.3, -0.25) is 0 Å². The van der Waals surface area contributed by atoms with E-state index in [-0.39, 0.29) is 41.3 Å². The summed E-state index contributed by atoms with van der Waals surface area (Å²) < 4.78 is 0. The maximum atomic E-state index is 10.2. The Bertz CT molecular complexity index is 208. The molecule has 0 saturated carbocycles. The van der Waals surface area contributed by atoms with Crippen LogP contribution < -0.4 is 0 Å². The Morgan fingerprint density at radius 1 is 1.20 bits per heavy atom. The van der Waals surface area contributed by atoms with Crippen LogP contribution in [0.2, 0.25) is 0 Å². The molecule has 0 aliphatic heterocycles. The molecule has 3 heteroatoms. The summed E-state index contributed by atoms with van der Waals surface area (Å²) in [6.45, 7) is 0. The second-order valence-electron chi connectivity index (χ2n) is 1.67. The third-order valence-electron chi connectivity index (χ3n) is 1.02. The van der Waals surface area contributed by atoms with Gasteiger partial charge in [0.1, 0.15) is 0 Å². The molecule has 49 valence electrons. The minimum absolute atomic E-state index is 0. The van der Waals surface area contributed by atoms with E-state index >= 15 is 0 Å². The molecule has 0 unspecified atom stereocenters. The zero-order valence-electron chi connectivity index (χ0n) is 5.32. The van der Waals surface area contributed by atoms with E-state index in [1.807, 2.05) is 0 Å². The molecule has 0 atom stereocenters. The molecule has 0 amide bonds. The summed E-state index contributed by atoms with van der Waals surface area (Å²) in [4.78, 5) is 10.2. The van der Waals surface area contributed by atoms with Crippen molar-refractivity contribution in [2.75, 3.05) is 0 Å². The fraction of sp³-hybridized carbons (Fsp3) is 0. The van der Waals surface area contributed by atoms with Crippen LogP contribution >= 0.6 is 0 Å². The summed E-state index contributed by atoms with van der Waals surface area (Å²) in [6, 6.07) is 8.30. The SMILES string of the molecule is O=C(O)c1ccccc1.[Pr]. The van der Waals surface area contributed by atoms with Gasteiger partial charge in [0.05, 0.1) is 5.56 Å². The van der Waals surface area contributed by atoms with Crippen molar-refractivity contribution in [1.29, 1.82) is 0 Å². The van der Waals surface area contributed by atoms with Gasteiger partial charge in [-0.1, -0.05) is 18.2 Å². The molecular weight excluding hydrogens is 257 g/mol. The number of carboxylic acids is 1. The minimum atomic E-state index is -0.879. The first-order valence-electron chi connectivity index (χ1n) is 2.59. The van der Waals surface area contributed by atoms with Crippen molar-refractivity contribution in [1.82, 2.24) is 0 Å². The van der Waals surface area contributed by atoms with E-state index in [9.17, 15) is 4.79 Å². The predicted octanol–water partition coefficient (Wildman–Crippen LogP) is 1.38. The van der Waals surface area contributed by atoms with Crippen LogP contribution in [0, 0.1) is 41.3 Å². The van der Waals surface area contributed by atoms with Gasteiger partial charge in [0.15, 0.2) is 0 Å². The Kier molecular flexibility index (Phi) is 4.83. The molecule has 0 heterocycles. The van der Waals surface area contributed by atoms with Crippen molar-refractivity contribution in [2.24, 2.45) is 0 Å². The molecule has 0 aliphatic carbocycles. The van der Waals surface area contributed by atoms with Gasteiger partial charge in [0, 0.05) is 41.3 Å². The van der Waals surface area contributed by atoms with E-state index < -0.39 is 5.97 Å². The zero-order valence-corrected chi connectivity index (χ0v) is 9.02. The zero-order chi connectivity index (χ0) is 6.69. The number of rotatable bonds is 1. The van der Waals surface area contributed by atoms with Gasteiger partial charge in [-0.05, 0) is 12.1 Å². The summed E-state index contributed by atoms with van der Waals surface area (Å²) in [5.41, 5.74) is 0.331. The fourth-order valence-electron chi connectivity index (χ4n) is 0.581. The van der Waals surface area contributed by atoms with Crippen molar-refractivity contribution in [3.63, 3.8) is 0 Å². The number of hydrogen-bond donors (Lipinski definition) is 1. The average Bonchev–Trinajstić information content (AvgIpc) is 1.90. The van der Waals surface area contributed by atoms with Gasteiger partial charge in [0.2, 0.25) is 0 Å². The van der Waals surface area contributed by atoms with E-state index in [2.05, 4.69) is 0 Å². The Morgan fingerprint density at radius 3 is 2.00 bits per heavy atom. The Morgan fingerprint density at radius 2 is 1.70 bits per heavy atom. The average molecular weight is 263 g/mol. The summed E-state index contributed by atoms with van der Waals surface area (Å²) in [5.74, 6) is -0.879. The van der Waals surface area contributed by atoms with Crippen LogP contribution in [0.4, 0.5) is 0 Å². The summed E-state index contributed by atoms with van der Waals surface area (Å²) in [6.07, 6.45) is 0. The maximum Gasteiger partial charge on any atom is 0.335 e. The summed E-state index contributed by atoms with van der Waals surface area (Å²) in [5, 5.41) is 8.38. The van der Waals surface area contributed by atoms with E-state index in [4.69, 9.17) is 5.11 Å². The first-order chi connectivity index (χ1) is 4.30. The topological polar surface area (TPSA) is 37.3 Å². The second kappa shape index (κ2) is 4.81. The van der Waals surface area contributed by atoms with Crippen LogP contribution in [-0.2, 0) is 0 Å². The molecule has 1 aromatic rings. The van der Waals surface area contributed by atoms with Gasteiger partial charge < -0.3 is 5.11 Å². The van der Waals surface area contributed by atoms with Crippen molar-refractivity contribution in [2.45, 2.75) is 0 Å². The molecule has 0 aliphatic rings. The van der Waals surface area contributed by atoms with Crippen LogP contribution in [0.1, 0.15) is 10.4 Å². The summed E-state index contributed by atoms with van der Waals surface area (Å²) >= 11 is 0.